The molecule has 0 amide bonds. The summed E-state index contributed by atoms with van der Waals surface area (Å²) in [5, 5.41) is 8.29. The number of hydrogen-bond acceptors (Lipinski definition) is 4. The summed E-state index contributed by atoms with van der Waals surface area (Å²) in [6.07, 6.45) is 0.817. The van der Waals surface area contributed by atoms with Crippen LogP contribution in [-0.4, -0.2) is 25.0 Å². The van der Waals surface area contributed by atoms with Gasteiger partial charge in [0.25, 0.3) is 10.0 Å². The maximum Gasteiger partial charge on any atom is 0.356 e. The fraction of sp³-hybridized carbons (Fsp3) is 0. The minimum atomic E-state index is -3.53. The predicted octanol–water partition coefficient (Wildman–Crippen LogP) is -1.13. The van der Waals surface area contributed by atoms with Crippen LogP contribution in [-0.2, 0) is 14.8 Å². The number of carboxylic acids is 1. The third-order valence-electron chi connectivity index (χ3n) is 0.910. The Morgan fingerprint density at radius 1 is 1.64 bits per heavy atom. The Kier molecular flexibility index (Phi) is 1.65. The first-order chi connectivity index (χ1) is 5.01. The average molecular weight is 176 g/mol. The number of aliphatic carboxylic acids is 1. The van der Waals surface area contributed by atoms with Crippen LogP contribution in [0.2, 0.25) is 0 Å². The van der Waals surface area contributed by atoms with Gasteiger partial charge in [-0.25, -0.2) is 18.2 Å². The van der Waals surface area contributed by atoms with Crippen molar-refractivity contribution in [3.05, 3.63) is 11.9 Å². The van der Waals surface area contributed by atoms with Crippen molar-refractivity contribution in [3.8, 4) is 0 Å². The molecule has 0 atom stereocenters. The number of nitrogens with one attached hydrogen (secondary N) is 1. The minimum absolute atomic E-state index is 0.333. The van der Waals surface area contributed by atoms with Crippen molar-refractivity contribution in [2.45, 2.75) is 0 Å². The topological polar surface area (TPSA) is 95.8 Å². The Balaban J connectivity index is 2.92. The summed E-state index contributed by atoms with van der Waals surface area (Å²) in [4.78, 5) is 13.3. The van der Waals surface area contributed by atoms with Gasteiger partial charge < -0.3 is 5.11 Å². The second-order valence-corrected chi connectivity index (χ2v) is 3.27. The lowest BCUT2D eigenvalue weighted by Crippen LogP contribution is -2.23. The van der Waals surface area contributed by atoms with Gasteiger partial charge >= 0.3 is 5.97 Å². The highest BCUT2D eigenvalue weighted by atomic mass is 32.2. The number of carbonyl (C=O) groups is 1. The predicted molar refractivity (Wildman–Crippen MR) is 36.3 cm³/mol. The van der Waals surface area contributed by atoms with Gasteiger partial charge in [0, 0.05) is 6.20 Å². The molecule has 11 heavy (non-hydrogen) atoms. The lowest BCUT2D eigenvalue weighted by molar-refractivity contribution is -0.132. The minimum Gasteiger partial charge on any atom is -0.476 e. The highest BCUT2D eigenvalue weighted by Crippen LogP contribution is 2.00. The molecule has 0 radical (unpaired) electrons. The van der Waals surface area contributed by atoms with Crippen molar-refractivity contribution < 1.29 is 18.3 Å². The van der Waals surface area contributed by atoms with E-state index in [9.17, 15) is 13.2 Å². The maximum absolute atomic E-state index is 10.5. The molecule has 0 aromatic heterocycles. The summed E-state index contributed by atoms with van der Waals surface area (Å²) in [7, 11) is -3.53. The largest absolute Gasteiger partial charge is 0.476 e. The zero-order valence-corrected chi connectivity index (χ0v) is 6.00. The van der Waals surface area contributed by atoms with Crippen molar-refractivity contribution in [3.63, 3.8) is 0 Å². The lowest BCUT2D eigenvalue weighted by atomic mass is 10.5. The van der Waals surface area contributed by atoms with Crippen molar-refractivity contribution in [1.29, 1.82) is 0 Å². The Labute approximate surface area is 62.3 Å². The van der Waals surface area contributed by atoms with Crippen LogP contribution >= 0.6 is 0 Å². The van der Waals surface area contributed by atoms with Gasteiger partial charge in [-0.3, -0.25) is 4.72 Å². The second-order valence-electron chi connectivity index (χ2n) is 1.73. The van der Waals surface area contributed by atoms with Crippen LogP contribution in [0.5, 0.6) is 0 Å². The molecule has 0 saturated carbocycles. The van der Waals surface area contributed by atoms with Gasteiger partial charge in [-0.15, -0.1) is 0 Å². The molecular weight excluding hydrogens is 172 g/mol. The number of sulfonamides is 1. The zero-order valence-electron chi connectivity index (χ0n) is 5.18. The number of rotatable bonds is 1. The smallest absolute Gasteiger partial charge is 0.356 e. The Morgan fingerprint density at radius 2 is 2.27 bits per heavy atom. The number of carboxylic acid groups (broad SMARTS) is 1. The van der Waals surface area contributed by atoms with Gasteiger partial charge in [0.15, 0.2) is 5.70 Å². The van der Waals surface area contributed by atoms with E-state index in [-0.39, 0.29) is 5.70 Å². The zero-order chi connectivity index (χ0) is 8.48. The third kappa shape index (κ3) is 1.77. The molecule has 0 saturated heterocycles. The first kappa shape index (κ1) is 7.73. The average Bonchev–Trinajstić information content (AvgIpc) is 1.86. The van der Waals surface area contributed by atoms with Gasteiger partial charge in [-0.1, -0.05) is 0 Å². The summed E-state index contributed by atoms with van der Waals surface area (Å²) in [6.45, 7) is 0. The molecule has 0 fully saturated rings. The molecule has 1 heterocycles. The normalized spacial score (nSPS) is 20.2. The number of aliphatic imine (C=N–C) groups is 1. The van der Waals surface area contributed by atoms with Crippen molar-refractivity contribution in [2.75, 3.05) is 0 Å². The van der Waals surface area contributed by atoms with E-state index in [4.69, 9.17) is 5.11 Å². The molecule has 0 aliphatic carbocycles. The van der Waals surface area contributed by atoms with Crippen molar-refractivity contribution in [1.82, 2.24) is 4.72 Å². The third-order valence-corrected chi connectivity index (χ3v) is 1.74. The van der Waals surface area contributed by atoms with E-state index in [1.807, 2.05) is 4.72 Å². The van der Waals surface area contributed by atoms with E-state index in [2.05, 4.69) is 4.99 Å². The summed E-state index contributed by atoms with van der Waals surface area (Å²) in [6, 6.07) is 0. The van der Waals surface area contributed by atoms with E-state index in [1.165, 1.54) is 0 Å². The van der Waals surface area contributed by atoms with Crippen LogP contribution in [0.15, 0.2) is 16.9 Å². The van der Waals surface area contributed by atoms with Gasteiger partial charge in [0.2, 0.25) is 0 Å². The molecule has 2 N–H and O–H groups in total. The van der Waals surface area contributed by atoms with Crippen LogP contribution in [0.25, 0.3) is 0 Å². The summed E-state index contributed by atoms with van der Waals surface area (Å²) in [5.41, 5.74) is 0.219. The first-order valence-electron chi connectivity index (χ1n) is 2.51. The van der Waals surface area contributed by atoms with Gasteiger partial charge in [0.1, 0.15) is 5.55 Å². The standard InChI is InChI=1S/C4H4N2O4S/c7-4(8)3-1-6-11(9,10)2-5-3/h1-2,6H,(H,7,8). The van der Waals surface area contributed by atoms with Gasteiger partial charge in [-0.05, 0) is 0 Å². The highest BCUT2D eigenvalue weighted by molar-refractivity contribution is 8.02. The van der Waals surface area contributed by atoms with Crippen molar-refractivity contribution in [2.24, 2.45) is 4.99 Å². The number of nitrogens with zero attached hydrogens (tertiary/aromatic N) is 1. The Bertz CT molecular complexity index is 339. The maximum atomic E-state index is 10.5. The van der Waals surface area contributed by atoms with E-state index < -0.39 is 16.0 Å². The van der Waals surface area contributed by atoms with Crippen LogP contribution < -0.4 is 4.72 Å². The Morgan fingerprint density at radius 3 is 2.64 bits per heavy atom. The molecule has 60 valence electrons. The molecule has 0 unspecified atom stereocenters. The molecule has 1 rings (SSSR count). The number of hydrogen-bond donors (Lipinski definition) is 2. The van der Waals surface area contributed by atoms with Crippen LogP contribution in [0.1, 0.15) is 0 Å². The molecule has 6 nitrogen and oxygen atoms in total. The fourth-order valence-electron chi connectivity index (χ4n) is 0.449. The fourth-order valence-corrected chi connectivity index (χ4v) is 1.04. The first-order valence-corrected chi connectivity index (χ1v) is 4.06. The van der Waals surface area contributed by atoms with Crippen LogP contribution in [0.4, 0.5) is 0 Å². The highest BCUT2D eigenvalue weighted by Gasteiger charge is 2.13. The molecule has 1 aliphatic rings. The van der Waals surface area contributed by atoms with Crippen LogP contribution in [0.3, 0.4) is 0 Å². The van der Waals surface area contributed by atoms with Crippen molar-refractivity contribution >= 4 is 21.5 Å². The molecule has 0 aromatic carbocycles. The molecular formula is C4H4N2O4S. The summed E-state index contributed by atoms with van der Waals surface area (Å²) < 4.78 is 22.9. The molecule has 7 heteroatoms. The molecule has 0 spiro atoms. The SMILES string of the molecule is O=C(O)C1=CNS(=O)(=O)C=N1. The van der Waals surface area contributed by atoms with E-state index in [1.54, 1.807) is 0 Å². The van der Waals surface area contributed by atoms with Crippen LogP contribution in [0, 0.1) is 0 Å². The molecule has 0 bridgehead atoms. The second kappa shape index (κ2) is 2.35. The van der Waals surface area contributed by atoms with Gasteiger partial charge in [0.05, 0.1) is 0 Å². The molecule has 0 aromatic rings. The lowest BCUT2D eigenvalue weighted by Gasteiger charge is -2.03. The van der Waals surface area contributed by atoms with Gasteiger partial charge in [-0.2, -0.15) is 0 Å². The summed E-state index contributed by atoms with van der Waals surface area (Å²) in [5.74, 6) is -1.27. The monoisotopic (exact) mass is 176 g/mol. The Hall–Kier alpha value is -1.37. The molecule has 1 aliphatic heterocycles. The van der Waals surface area contributed by atoms with E-state index in [0.717, 1.165) is 6.20 Å². The van der Waals surface area contributed by atoms with E-state index in [0.29, 0.717) is 5.55 Å². The quantitative estimate of drug-likeness (QED) is 0.528. The van der Waals surface area contributed by atoms with E-state index >= 15 is 0 Å². The summed E-state index contributed by atoms with van der Waals surface area (Å²) >= 11 is 0.